The number of hydrogen-bond donors (Lipinski definition) is 1. The number of hydrogen-bond acceptors (Lipinski definition) is 4. The van der Waals surface area contributed by atoms with Crippen molar-refractivity contribution in [1.82, 2.24) is 0 Å². The largest absolute Gasteiger partial charge is 0.496 e. The predicted octanol–water partition coefficient (Wildman–Crippen LogP) is 7.70. The number of methoxy groups -OCH3 is 2. The molecule has 0 fully saturated rings. The predicted molar refractivity (Wildman–Crippen MR) is 150 cm³/mol. The summed E-state index contributed by atoms with van der Waals surface area (Å²) in [7, 11) is 3.32. The summed E-state index contributed by atoms with van der Waals surface area (Å²) in [5.41, 5.74) is 6.35. The summed E-state index contributed by atoms with van der Waals surface area (Å²) in [6.07, 6.45) is 2.78. The number of nitrogens with one attached hydrogen (secondary N) is 1. The molecule has 0 bridgehead atoms. The van der Waals surface area contributed by atoms with Crippen LogP contribution in [-0.4, -0.2) is 26.4 Å². The Morgan fingerprint density at radius 1 is 0.806 bits per heavy atom. The zero-order chi connectivity index (χ0) is 26.4. The number of amides is 1. The molecule has 0 spiro atoms. The summed E-state index contributed by atoms with van der Waals surface area (Å²) in [6, 6.07) is 17.3. The molecule has 1 aliphatic rings. The van der Waals surface area contributed by atoms with E-state index in [0.29, 0.717) is 23.0 Å². The lowest BCUT2D eigenvalue weighted by Crippen LogP contribution is -2.03. The molecule has 5 nitrogen and oxygen atoms in total. The van der Waals surface area contributed by atoms with Gasteiger partial charge in [0.15, 0.2) is 0 Å². The third-order valence-electron chi connectivity index (χ3n) is 5.96. The van der Waals surface area contributed by atoms with E-state index in [1.54, 1.807) is 20.3 Å². The first-order valence-electron chi connectivity index (χ1n) is 11.8. The highest BCUT2D eigenvalue weighted by Crippen LogP contribution is 2.36. The minimum atomic E-state index is -0.0694. The lowest BCUT2D eigenvalue weighted by atomic mass is 9.97. The minimum absolute atomic E-state index is 0.0694. The maximum absolute atomic E-state index is 12.3. The van der Waals surface area contributed by atoms with Gasteiger partial charge in [0, 0.05) is 26.9 Å². The van der Waals surface area contributed by atoms with Crippen LogP contribution in [0.15, 0.2) is 59.1 Å². The van der Waals surface area contributed by atoms with Gasteiger partial charge in [0.25, 0.3) is 5.91 Å². The van der Waals surface area contributed by atoms with Crippen LogP contribution in [0.25, 0.3) is 11.6 Å². The fourth-order valence-corrected chi connectivity index (χ4v) is 4.40. The first-order valence-corrected chi connectivity index (χ1v) is 12.6. The van der Waals surface area contributed by atoms with E-state index >= 15 is 0 Å². The number of benzene rings is 3. The standard InChI is InChI=1S/C19H18BrNO2.C11H14O2/c1-11(2)14-8-12(4-7-18(14)23-3)9-16-15-10-13(20)5-6-17(15)21-19(16)22;1-8(2)10-6-9(7-12)4-5-11(10)13-3/h4-11H,1-3H3,(H,21,22);4-8H,1-3H3/b16-9+;. The van der Waals surface area contributed by atoms with Gasteiger partial charge < -0.3 is 14.8 Å². The minimum Gasteiger partial charge on any atom is -0.496 e. The lowest BCUT2D eigenvalue weighted by molar-refractivity contribution is -0.110. The summed E-state index contributed by atoms with van der Waals surface area (Å²) >= 11 is 3.46. The van der Waals surface area contributed by atoms with E-state index < -0.39 is 0 Å². The Bertz CT molecular complexity index is 1290. The highest BCUT2D eigenvalue weighted by molar-refractivity contribution is 9.10. The molecule has 0 saturated carbocycles. The Balaban J connectivity index is 0.000000236. The quantitative estimate of drug-likeness (QED) is 0.252. The van der Waals surface area contributed by atoms with Gasteiger partial charge in [-0.15, -0.1) is 0 Å². The van der Waals surface area contributed by atoms with Crippen LogP contribution in [0.2, 0.25) is 0 Å². The third-order valence-corrected chi connectivity index (χ3v) is 6.46. The number of carbonyl (C=O) groups is 2. The van der Waals surface area contributed by atoms with Crippen LogP contribution in [0.4, 0.5) is 5.69 Å². The van der Waals surface area contributed by atoms with Gasteiger partial charge >= 0.3 is 0 Å². The number of ether oxygens (including phenoxy) is 2. The number of halogens is 1. The van der Waals surface area contributed by atoms with Crippen molar-refractivity contribution in [3.8, 4) is 11.5 Å². The molecule has 188 valence electrons. The van der Waals surface area contributed by atoms with E-state index in [4.69, 9.17) is 9.47 Å². The summed E-state index contributed by atoms with van der Waals surface area (Å²) in [6.45, 7) is 8.41. The second-order valence-electron chi connectivity index (χ2n) is 9.13. The molecule has 1 heterocycles. The van der Waals surface area contributed by atoms with Gasteiger partial charge in [-0.25, -0.2) is 0 Å². The van der Waals surface area contributed by atoms with E-state index in [0.717, 1.165) is 50.2 Å². The molecule has 4 rings (SSSR count). The van der Waals surface area contributed by atoms with Crippen LogP contribution in [0.1, 0.15) is 72.1 Å². The van der Waals surface area contributed by atoms with Gasteiger partial charge in [-0.05, 0) is 83.1 Å². The van der Waals surface area contributed by atoms with Crippen LogP contribution >= 0.6 is 15.9 Å². The highest BCUT2D eigenvalue weighted by atomic mass is 79.9. The summed E-state index contributed by atoms with van der Waals surface area (Å²) in [5, 5.41) is 2.90. The van der Waals surface area contributed by atoms with E-state index in [-0.39, 0.29) is 5.91 Å². The number of rotatable bonds is 6. The fraction of sp³-hybridized carbons (Fsp3) is 0.267. The molecule has 1 aliphatic heterocycles. The molecule has 0 unspecified atom stereocenters. The molecule has 1 N–H and O–H groups in total. The van der Waals surface area contributed by atoms with Gasteiger partial charge in [-0.2, -0.15) is 0 Å². The summed E-state index contributed by atoms with van der Waals surface area (Å²) in [4.78, 5) is 22.8. The third kappa shape index (κ3) is 6.24. The van der Waals surface area contributed by atoms with Crippen molar-refractivity contribution in [2.75, 3.05) is 19.5 Å². The monoisotopic (exact) mass is 549 g/mol. The number of aldehydes is 1. The second-order valence-corrected chi connectivity index (χ2v) is 10.0. The molecule has 0 saturated heterocycles. The van der Waals surface area contributed by atoms with Crippen molar-refractivity contribution in [3.05, 3.63) is 86.9 Å². The van der Waals surface area contributed by atoms with Crippen LogP contribution in [0.3, 0.4) is 0 Å². The molecular formula is C30H32BrNO4. The zero-order valence-corrected chi connectivity index (χ0v) is 23.1. The lowest BCUT2D eigenvalue weighted by Gasteiger charge is -2.12. The first kappa shape index (κ1) is 27.2. The van der Waals surface area contributed by atoms with Gasteiger partial charge in [0.05, 0.1) is 14.2 Å². The van der Waals surface area contributed by atoms with Crippen molar-refractivity contribution in [2.45, 2.75) is 39.5 Å². The van der Waals surface area contributed by atoms with Crippen molar-refractivity contribution in [2.24, 2.45) is 0 Å². The number of fused-ring (bicyclic) bond motifs is 1. The molecule has 0 radical (unpaired) electrons. The van der Waals surface area contributed by atoms with Crippen molar-refractivity contribution in [1.29, 1.82) is 0 Å². The van der Waals surface area contributed by atoms with Crippen molar-refractivity contribution in [3.63, 3.8) is 0 Å². The van der Waals surface area contributed by atoms with Gasteiger partial charge in [-0.3, -0.25) is 9.59 Å². The zero-order valence-electron chi connectivity index (χ0n) is 21.5. The Morgan fingerprint density at radius 2 is 1.36 bits per heavy atom. The first-order chi connectivity index (χ1) is 17.2. The summed E-state index contributed by atoms with van der Waals surface area (Å²) in [5.74, 6) is 2.37. The molecule has 0 aromatic heterocycles. The molecular weight excluding hydrogens is 518 g/mol. The van der Waals surface area contributed by atoms with Crippen LogP contribution in [0.5, 0.6) is 11.5 Å². The molecule has 36 heavy (non-hydrogen) atoms. The van der Waals surface area contributed by atoms with E-state index in [9.17, 15) is 9.59 Å². The van der Waals surface area contributed by atoms with E-state index in [2.05, 4.69) is 55.0 Å². The average Bonchev–Trinajstić information content (AvgIpc) is 3.17. The maximum atomic E-state index is 12.3. The van der Waals surface area contributed by atoms with Gasteiger partial charge in [-0.1, -0.05) is 49.7 Å². The Labute approximate surface area is 221 Å². The van der Waals surface area contributed by atoms with Gasteiger partial charge in [0.2, 0.25) is 0 Å². The molecule has 3 aromatic carbocycles. The molecule has 3 aromatic rings. The second kappa shape index (κ2) is 12.0. The summed E-state index contributed by atoms with van der Waals surface area (Å²) < 4.78 is 11.6. The molecule has 0 atom stereocenters. The number of carbonyl (C=O) groups excluding carboxylic acids is 2. The number of anilines is 1. The average molecular weight is 550 g/mol. The topological polar surface area (TPSA) is 64.6 Å². The Kier molecular flexibility index (Phi) is 9.10. The van der Waals surface area contributed by atoms with Gasteiger partial charge in [0.1, 0.15) is 17.8 Å². The highest BCUT2D eigenvalue weighted by Gasteiger charge is 2.24. The Hall–Kier alpha value is -3.38. The molecule has 6 heteroatoms. The fourth-order valence-electron chi connectivity index (χ4n) is 4.04. The van der Waals surface area contributed by atoms with Crippen LogP contribution < -0.4 is 14.8 Å². The smallest absolute Gasteiger partial charge is 0.256 e. The Morgan fingerprint density at radius 3 is 1.89 bits per heavy atom. The maximum Gasteiger partial charge on any atom is 0.256 e. The van der Waals surface area contributed by atoms with Crippen LogP contribution in [-0.2, 0) is 4.79 Å². The van der Waals surface area contributed by atoms with Crippen molar-refractivity contribution >= 4 is 45.5 Å². The normalized spacial score (nSPS) is 13.2. The SMILES string of the molecule is COc1ccc(/C=C2/C(=O)Nc3ccc(Br)cc32)cc1C(C)C.COc1ccc(C=O)cc1C(C)C. The molecule has 0 aliphatic carbocycles. The molecule has 1 amide bonds. The van der Waals surface area contributed by atoms with E-state index in [1.165, 1.54) is 0 Å². The van der Waals surface area contributed by atoms with Crippen LogP contribution in [0, 0.1) is 0 Å². The van der Waals surface area contributed by atoms with E-state index in [1.807, 2.05) is 48.5 Å². The van der Waals surface area contributed by atoms with Crippen molar-refractivity contribution < 1.29 is 19.1 Å².